The van der Waals surface area contributed by atoms with E-state index >= 15 is 0 Å². The van der Waals surface area contributed by atoms with Crippen LogP contribution in [-0.2, 0) is 6.54 Å². The summed E-state index contributed by atoms with van der Waals surface area (Å²) >= 11 is 0. The first-order valence-electron chi connectivity index (χ1n) is 9.50. The molecule has 4 heterocycles. The van der Waals surface area contributed by atoms with Gasteiger partial charge < -0.3 is 4.90 Å². The quantitative estimate of drug-likeness (QED) is 0.549. The summed E-state index contributed by atoms with van der Waals surface area (Å²) in [6.07, 6.45) is 7.47. The fourth-order valence-corrected chi connectivity index (χ4v) is 3.68. The third-order valence-electron chi connectivity index (χ3n) is 5.17. The molecule has 0 N–H and O–H groups in total. The number of benzene rings is 1. The van der Waals surface area contributed by atoms with Gasteiger partial charge in [0.1, 0.15) is 0 Å². The van der Waals surface area contributed by atoms with Crippen LogP contribution < -0.4 is 4.90 Å². The van der Waals surface area contributed by atoms with Crippen LogP contribution in [0.25, 0.3) is 17.0 Å². The Morgan fingerprint density at radius 3 is 2.39 bits per heavy atom. The molecule has 1 fully saturated rings. The largest absolute Gasteiger partial charge is 0.351 e. The molecule has 0 spiro atoms. The van der Waals surface area contributed by atoms with E-state index in [0.29, 0.717) is 0 Å². The van der Waals surface area contributed by atoms with Gasteiger partial charge in [0.05, 0.1) is 0 Å². The van der Waals surface area contributed by atoms with Gasteiger partial charge in [0.2, 0.25) is 5.65 Å². The zero-order valence-electron chi connectivity index (χ0n) is 15.5. The third-order valence-corrected chi connectivity index (χ3v) is 5.17. The predicted octanol–water partition coefficient (Wildman–Crippen LogP) is 2.51. The molecule has 140 valence electrons. The lowest BCUT2D eigenvalue weighted by Crippen LogP contribution is -2.46. The van der Waals surface area contributed by atoms with Gasteiger partial charge in [-0.3, -0.25) is 14.3 Å². The maximum Gasteiger partial charge on any atom is 0.204 e. The minimum absolute atomic E-state index is 0.809. The molecular formula is C21H21N7. The van der Waals surface area contributed by atoms with Crippen molar-refractivity contribution in [2.75, 3.05) is 31.1 Å². The van der Waals surface area contributed by atoms with Crippen molar-refractivity contribution in [1.82, 2.24) is 29.5 Å². The van der Waals surface area contributed by atoms with Crippen LogP contribution in [0.3, 0.4) is 0 Å². The van der Waals surface area contributed by atoms with E-state index in [1.54, 1.807) is 0 Å². The van der Waals surface area contributed by atoms with E-state index in [9.17, 15) is 0 Å². The Morgan fingerprint density at radius 1 is 0.821 bits per heavy atom. The van der Waals surface area contributed by atoms with E-state index in [0.717, 1.165) is 55.6 Å². The van der Waals surface area contributed by atoms with Crippen LogP contribution in [0.2, 0.25) is 0 Å². The number of hydrogen-bond acceptors (Lipinski definition) is 6. The molecule has 1 aliphatic heterocycles. The molecule has 28 heavy (non-hydrogen) atoms. The first-order chi connectivity index (χ1) is 13.9. The number of fused-ring (bicyclic) bond motifs is 1. The monoisotopic (exact) mass is 371 g/mol. The van der Waals surface area contributed by atoms with Gasteiger partial charge in [0.25, 0.3) is 0 Å². The highest BCUT2D eigenvalue weighted by Gasteiger charge is 2.22. The maximum atomic E-state index is 4.62. The van der Waals surface area contributed by atoms with E-state index in [2.05, 4.69) is 54.2 Å². The minimum atomic E-state index is 0.809. The standard InChI is InChI=1S/C21H21N7/c1-2-4-18(5-3-1)19-24-25-21-20(23-10-11-28(19)21)27-14-12-26(13-15-27)16-17-6-8-22-9-7-17/h1-11H,12-16H2. The number of pyridine rings is 1. The van der Waals surface area contributed by atoms with E-state index in [4.69, 9.17) is 0 Å². The number of aromatic nitrogens is 5. The highest BCUT2D eigenvalue weighted by molar-refractivity contribution is 5.68. The average Bonchev–Trinajstić information content (AvgIpc) is 3.20. The summed E-state index contributed by atoms with van der Waals surface area (Å²) in [5, 5.41) is 8.87. The summed E-state index contributed by atoms with van der Waals surface area (Å²) in [4.78, 5) is 13.5. The predicted molar refractivity (Wildman–Crippen MR) is 108 cm³/mol. The highest BCUT2D eigenvalue weighted by Crippen LogP contribution is 2.24. The highest BCUT2D eigenvalue weighted by atomic mass is 15.3. The second-order valence-corrected chi connectivity index (χ2v) is 6.95. The van der Waals surface area contributed by atoms with E-state index in [1.165, 1.54) is 5.56 Å². The van der Waals surface area contributed by atoms with Crippen LogP contribution in [0.5, 0.6) is 0 Å². The van der Waals surface area contributed by atoms with Gasteiger partial charge in [-0.05, 0) is 17.7 Å². The summed E-state index contributed by atoms with van der Waals surface area (Å²) in [6, 6.07) is 14.3. The Bertz CT molecular complexity index is 1050. The smallest absolute Gasteiger partial charge is 0.204 e. The van der Waals surface area contributed by atoms with Crippen LogP contribution in [0, 0.1) is 0 Å². The summed E-state index contributed by atoms with van der Waals surface area (Å²) in [6.45, 7) is 4.78. The van der Waals surface area contributed by atoms with Gasteiger partial charge in [-0.25, -0.2) is 4.98 Å². The van der Waals surface area contributed by atoms with Crippen molar-refractivity contribution in [2.45, 2.75) is 6.54 Å². The second-order valence-electron chi connectivity index (χ2n) is 6.95. The molecule has 0 atom stereocenters. The molecule has 3 aromatic heterocycles. The maximum absolute atomic E-state index is 4.62. The lowest BCUT2D eigenvalue weighted by Gasteiger charge is -2.35. The van der Waals surface area contributed by atoms with Crippen LogP contribution in [0.1, 0.15) is 5.56 Å². The molecule has 7 nitrogen and oxygen atoms in total. The van der Waals surface area contributed by atoms with Crippen molar-refractivity contribution < 1.29 is 0 Å². The zero-order valence-corrected chi connectivity index (χ0v) is 15.5. The van der Waals surface area contributed by atoms with Gasteiger partial charge in [0, 0.05) is 63.1 Å². The molecule has 0 bridgehead atoms. The third kappa shape index (κ3) is 3.20. The Hall–Kier alpha value is -3.32. The Kier molecular flexibility index (Phi) is 4.42. The lowest BCUT2D eigenvalue weighted by molar-refractivity contribution is 0.249. The molecule has 7 heteroatoms. The molecule has 0 aliphatic carbocycles. The fourth-order valence-electron chi connectivity index (χ4n) is 3.68. The fraction of sp³-hybridized carbons (Fsp3) is 0.238. The molecule has 0 unspecified atom stereocenters. The molecule has 0 radical (unpaired) electrons. The molecule has 1 saturated heterocycles. The summed E-state index contributed by atoms with van der Waals surface area (Å²) < 4.78 is 2.03. The van der Waals surface area contributed by atoms with Crippen molar-refractivity contribution in [3.8, 4) is 11.4 Å². The molecule has 1 aliphatic rings. The number of nitrogens with zero attached hydrogens (tertiary/aromatic N) is 7. The molecular weight excluding hydrogens is 350 g/mol. The Labute approximate surface area is 163 Å². The van der Waals surface area contributed by atoms with Crippen LogP contribution in [0.15, 0.2) is 67.3 Å². The minimum Gasteiger partial charge on any atom is -0.351 e. The van der Waals surface area contributed by atoms with Crippen molar-refractivity contribution in [1.29, 1.82) is 0 Å². The van der Waals surface area contributed by atoms with Crippen molar-refractivity contribution >= 4 is 11.5 Å². The van der Waals surface area contributed by atoms with Crippen molar-refractivity contribution in [3.63, 3.8) is 0 Å². The van der Waals surface area contributed by atoms with Crippen LogP contribution >= 0.6 is 0 Å². The van der Waals surface area contributed by atoms with Crippen LogP contribution in [0.4, 0.5) is 5.82 Å². The first-order valence-corrected chi connectivity index (χ1v) is 9.50. The van der Waals surface area contributed by atoms with Crippen molar-refractivity contribution in [3.05, 3.63) is 72.8 Å². The van der Waals surface area contributed by atoms with Gasteiger partial charge in [-0.1, -0.05) is 30.3 Å². The summed E-state index contributed by atoms with van der Waals surface area (Å²) in [5.41, 5.74) is 3.16. The molecule has 4 aromatic rings. The summed E-state index contributed by atoms with van der Waals surface area (Å²) in [7, 11) is 0. The van der Waals surface area contributed by atoms with E-state index < -0.39 is 0 Å². The number of rotatable bonds is 4. The number of piperazine rings is 1. The van der Waals surface area contributed by atoms with Gasteiger partial charge in [-0.15, -0.1) is 10.2 Å². The van der Waals surface area contributed by atoms with Gasteiger partial charge in [-0.2, -0.15) is 0 Å². The average molecular weight is 371 g/mol. The number of anilines is 1. The Balaban J connectivity index is 1.35. The molecule has 0 saturated carbocycles. The molecule has 1 aromatic carbocycles. The summed E-state index contributed by atoms with van der Waals surface area (Å²) in [5.74, 6) is 1.75. The van der Waals surface area contributed by atoms with Gasteiger partial charge >= 0.3 is 0 Å². The zero-order chi connectivity index (χ0) is 18.8. The van der Waals surface area contributed by atoms with Gasteiger partial charge in [0.15, 0.2) is 11.6 Å². The molecule has 5 rings (SSSR count). The van der Waals surface area contributed by atoms with E-state index in [-0.39, 0.29) is 0 Å². The van der Waals surface area contributed by atoms with Crippen molar-refractivity contribution in [2.24, 2.45) is 0 Å². The number of hydrogen-bond donors (Lipinski definition) is 0. The SMILES string of the molecule is c1ccc(-c2nnc3c(N4CCN(Cc5ccncc5)CC4)nccn23)cc1. The normalized spacial score (nSPS) is 15.2. The van der Waals surface area contributed by atoms with E-state index in [1.807, 2.05) is 47.4 Å². The first kappa shape index (κ1) is 16.8. The lowest BCUT2D eigenvalue weighted by atomic mass is 10.2. The Morgan fingerprint density at radius 2 is 1.61 bits per heavy atom. The molecule has 0 amide bonds. The van der Waals surface area contributed by atoms with Crippen LogP contribution in [-0.4, -0.2) is 55.6 Å². The topological polar surface area (TPSA) is 62.5 Å². The second kappa shape index (κ2) is 7.36.